The smallest absolute Gasteiger partial charge is 0.394 e. The van der Waals surface area contributed by atoms with Crippen molar-refractivity contribution < 1.29 is 23.1 Å². The van der Waals surface area contributed by atoms with Crippen LogP contribution in [0.1, 0.15) is 0 Å². The molecule has 0 aromatic carbocycles. The first-order chi connectivity index (χ1) is 4.85. The molecule has 3 N–H and O–H groups in total. The molecule has 1 rings (SSSR count). The van der Waals surface area contributed by atoms with Gasteiger partial charge in [-0.2, -0.15) is 13.2 Å². The molecule has 3 atom stereocenters. The third-order valence-electron chi connectivity index (χ3n) is 1.74. The summed E-state index contributed by atoms with van der Waals surface area (Å²) < 4.78 is 35.3. The van der Waals surface area contributed by atoms with Crippen LogP contribution in [0.15, 0.2) is 0 Å². The maximum Gasteiger partial charge on any atom is 0.394 e. The third kappa shape index (κ3) is 1.30. The van der Waals surface area contributed by atoms with Gasteiger partial charge < -0.3 is 10.8 Å². The Labute approximate surface area is 60.0 Å². The van der Waals surface area contributed by atoms with E-state index in [1.165, 1.54) is 0 Å². The number of carbonyl (C=O) groups is 1. The molecule has 0 spiro atoms. The molecule has 64 valence electrons. The zero-order chi connectivity index (χ0) is 8.81. The molecule has 0 amide bonds. The Bertz CT molecular complexity index is 191. The number of alkyl halides is 3. The number of halogens is 3. The van der Waals surface area contributed by atoms with Gasteiger partial charge in [-0.3, -0.25) is 4.79 Å². The van der Waals surface area contributed by atoms with Gasteiger partial charge in [0.15, 0.2) is 0 Å². The number of aliphatic carboxylic acids is 1. The van der Waals surface area contributed by atoms with Gasteiger partial charge in [0.25, 0.3) is 0 Å². The summed E-state index contributed by atoms with van der Waals surface area (Å²) in [5.41, 5.74) is 4.90. The van der Waals surface area contributed by atoms with Gasteiger partial charge in [0.2, 0.25) is 0 Å². The van der Waals surface area contributed by atoms with Crippen molar-refractivity contribution in [3.05, 3.63) is 0 Å². The number of rotatable bonds is 1. The molecule has 1 saturated carbocycles. The molecule has 0 saturated heterocycles. The first kappa shape index (κ1) is 8.32. The van der Waals surface area contributed by atoms with Crippen LogP contribution in [-0.2, 0) is 4.79 Å². The van der Waals surface area contributed by atoms with E-state index in [0.717, 1.165) is 0 Å². The van der Waals surface area contributed by atoms with Gasteiger partial charge in [0.05, 0.1) is 11.8 Å². The van der Waals surface area contributed by atoms with Crippen LogP contribution in [-0.4, -0.2) is 23.3 Å². The molecular formula is C5H6F3NO2. The normalized spacial score (nSPS) is 36.9. The van der Waals surface area contributed by atoms with E-state index in [2.05, 4.69) is 0 Å². The van der Waals surface area contributed by atoms with Crippen LogP contribution in [0.4, 0.5) is 13.2 Å². The lowest BCUT2D eigenvalue weighted by molar-refractivity contribution is -0.160. The summed E-state index contributed by atoms with van der Waals surface area (Å²) in [7, 11) is 0. The lowest BCUT2D eigenvalue weighted by Gasteiger charge is -2.02. The first-order valence-electron chi connectivity index (χ1n) is 2.91. The number of hydrogen-bond donors (Lipinski definition) is 2. The summed E-state index contributed by atoms with van der Waals surface area (Å²) >= 11 is 0. The first-order valence-corrected chi connectivity index (χ1v) is 2.91. The average Bonchev–Trinajstić information content (AvgIpc) is 2.38. The van der Waals surface area contributed by atoms with E-state index in [0.29, 0.717) is 0 Å². The van der Waals surface area contributed by atoms with Gasteiger partial charge in [0.1, 0.15) is 0 Å². The zero-order valence-corrected chi connectivity index (χ0v) is 5.30. The molecule has 0 aromatic rings. The van der Waals surface area contributed by atoms with Crippen molar-refractivity contribution in [3.8, 4) is 0 Å². The largest absolute Gasteiger partial charge is 0.481 e. The molecule has 6 heteroatoms. The lowest BCUT2D eigenvalue weighted by atomic mass is 10.3. The highest BCUT2D eigenvalue weighted by Gasteiger charge is 2.66. The molecule has 0 unspecified atom stereocenters. The Balaban J connectivity index is 2.62. The molecule has 0 bridgehead atoms. The fourth-order valence-electron chi connectivity index (χ4n) is 1.07. The Morgan fingerprint density at radius 1 is 1.45 bits per heavy atom. The van der Waals surface area contributed by atoms with E-state index in [1.807, 2.05) is 0 Å². The van der Waals surface area contributed by atoms with Crippen molar-refractivity contribution in [2.24, 2.45) is 17.6 Å². The summed E-state index contributed by atoms with van der Waals surface area (Å²) in [6.07, 6.45) is -4.47. The number of carboxylic acid groups (broad SMARTS) is 1. The minimum absolute atomic E-state index is 1.26. The molecule has 1 aliphatic rings. The Morgan fingerprint density at radius 3 is 2.00 bits per heavy atom. The number of carboxylic acids is 1. The Kier molecular flexibility index (Phi) is 1.59. The van der Waals surface area contributed by atoms with E-state index in [9.17, 15) is 18.0 Å². The second kappa shape index (κ2) is 2.10. The predicted molar refractivity (Wildman–Crippen MR) is 28.6 cm³/mol. The van der Waals surface area contributed by atoms with E-state index in [1.54, 1.807) is 0 Å². The van der Waals surface area contributed by atoms with Crippen LogP contribution >= 0.6 is 0 Å². The third-order valence-corrected chi connectivity index (χ3v) is 1.74. The molecule has 0 heterocycles. The maximum atomic E-state index is 11.8. The average molecular weight is 169 g/mol. The minimum atomic E-state index is -4.47. The van der Waals surface area contributed by atoms with Crippen molar-refractivity contribution >= 4 is 5.97 Å². The molecule has 1 fully saturated rings. The van der Waals surface area contributed by atoms with E-state index < -0.39 is 30.0 Å². The van der Waals surface area contributed by atoms with Crippen molar-refractivity contribution in [1.29, 1.82) is 0 Å². The summed E-state index contributed by atoms with van der Waals surface area (Å²) in [6.45, 7) is 0. The Hall–Kier alpha value is -0.780. The second-order valence-corrected chi connectivity index (χ2v) is 2.51. The van der Waals surface area contributed by atoms with Gasteiger partial charge in [0, 0.05) is 6.04 Å². The van der Waals surface area contributed by atoms with Crippen molar-refractivity contribution in [2.75, 3.05) is 0 Å². The van der Waals surface area contributed by atoms with Crippen molar-refractivity contribution in [3.63, 3.8) is 0 Å². The minimum Gasteiger partial charge on any atom is -0.481 e. The molecule has 11 heavy (non-hydrogen) atoms. The molecule has 0 aliphatic heterocycles. The van der Waals surface area contributed by atoms with Crippen LogP contribution < -0.4 is 5.73 Å². The van der Waals surface area contributed by atoms with Crippen LogP contribution in [0.5, 0.6) is 0 Å². The van der Waals surface area contributed by atoms with E-state index >= 15 is 0 Å². The van der Waals surface area contributed by atoms with Gasteiger partial charge in [-0.15, -0.1) is 0 Å². The van der Waals surface area contributed by atoms with E-state index in [4.69, 9.17) is 10.8 Å². The maximum absolute atomic E-state index is 11.8. The topological polar surface area (TPSA) is 63.3 Å². The van der Waals surface area contributed by atoms with Crippen LogP contribution in [0.3, 0.4) is 0 Å². The Morgan fingerprint density at radius 2 is 1.91 bits per heavy atom. The predicted octanol–water partition coefficient (Wildman–Crippen LogP) is 0.207. The molecule has 0 aromatic heterocycles. The molecule has 3 nitrogen and oxygen atoms in total. The van der Waals surface area contributed by atoms with Crippen LogP contribution in [0.25, 0.3) is 0 Å². The molecular weight excluding hydrogens is 163 g/mol. The fraction of sp³-hybridized carbons (Fsp3) is 0.800. The fourth-order valence-corrected chi connectivity index (χ4v) is 1.07. The SMILES string of the molecule is N[C@@H]1[C@@H](C(=O)O)[C@@H]1C(F)(F)F. The lowest BCUT2D eigenvalue weighted by Crippen LogP contribution is -2.17. The highest BCUT2D eigenvalue weighted by molar-refractivity contribution is 5.75. The zero-order valence-electron chi connectivity index (χ0n) is 5.30. The summed E-state index contributed by atoms with van der Waals surface area (Å²) in [6, 6.07) is -1.26. The van der Waals surface area contributed by atoms with Gasteiger partial charge in [-0.1, -0.05) is 0 Å². The summed E-state index contributed by atoms with van der Waals surface area (Å²) in [4.78, 5) is 10.0. The second-order valence-electron chi connectivity index (χ2n) is 2.51. The summed E-state index contributed by atoms with van der Waals surface area (Å²) in [5, 5.41) is 8.18. The highest BCUT2D eigenvalue weighted by Crippen LogP contribution is 2.48. The summed E-state index contributed by atoms with van der Waals surface area (Å²) in [5.74, 6) is -4.75. The number of nitrogens with two attached hydrogens (primary N) is 1. The van der Waals surface area contributed by atoms with Gasteiger partial charge in [-0.25, -0.2) is 0 Å². The number of hydrogen-bond acceptors (Lipinski definition) is 2. The van der Waals surface area contributed by atoms with Crippen molar-refractivity contribution in [1.82, 2.24) is 0 Å². The van der Waals surface area contributed by atoms with Gasteiger partial charge in [-0.05, 0) is 0 Å². The standard InChI is InChI=1S/C5H6F3NO2/c6-5(7,8)2-1(3(2)9)4(10)11/h1-3H,9H2,(H,10,11)/t1-,2-,3+/m0/s1. The van der Waals surface area contributed by atoms with Crippen molar-refractivity contribution in [2.45, 2.75) is 12.2 Å². The molecule has 1 aliphatic carbocycles. The van der Waals surface area contributed by atoms with Crippen LogP contribution in [0, 0.1) is 11.8 Å². The van der Waals surface area contributed by atoms with Crippen LogP contribution in [0.2, 0.25) is 0 Å². The molecule has 0 radical (unpaired) electrons. The van der Waals surface area contributed by atoms with Gasteiger partial charge >= 0.3 is 12.1 Å². The highest BCUT2D eigenvalue weighted by atomic mass is 19.4. The quantitative estimate of drug-likeness (QED) is 0.589. The monoisotopic (exact) mass is 169 g/mol. The van der Waals surface area contributed by atoms with E-state index in [-0.39, 0.29) is 0 Å².